The fourth-order valence-corrected chi connectivity index (χ4v) is 4.39. The summed E-state index contributed by atoms with van der Waals surface area (Å²) in [5.41, 5.74) is 0. The molecule has 2 atom stereocenters. The number of hydrogen-bond acceptors (Lipinski definition) is 4. The average molecular weight is 218 g/mol. The van der Waals surface area contributed by atoms with Crippen molar-refractivity contribution < 1.29 is 9.53 Å². The summed E-state index contributed by atoms with van der Waals surface area (Å²) in [5, 5.41) is 0.255. The Labute approximate surface area is 87.2 Å². The molecule has 13 heavy (non-hydrogen) atoms. The van der Waals surface area contributed by atoms with Gasteiger partial charge in [0.2, 0.25) is 0 Å². The van der Waals surface area contributed by atoms with Crippen LogP contribution < -0.4 is 0 Å². The lowest BCUT2D eigenvalue weighted by atomic mass is 10.0. The Balaban J connectivity index is 1.87. The molecule has 2 aliphatic rings. The molecule has 4 heteroatoms. The SMILES string of the molecule is O=C(C1CCOC1)C1CSCCS1. The molecular weight excluding hydrogens is 204 g/mol. The van der Waals surface area contributed by atoms with Gasteiger partial charge >= 0.3 is 0 Å². The first kappa shape index (κ1) is 9.87. The first-order valence-electron chi connectivity index (χ1n) is 4.69. The first-order chi connectivity index (χ1) is 6.38. The van der Waals surface area contributed by atoms with Gasteiger partial charge in [0.15, 0.2) is 5.78 Å². The maximum Gasteiger partial charge on any atom is 0.152 e. The van der Waals surface area contributed by atoms with Crippen molar-refractivity contribution in [3.8, 4) is 0 Å². The highest BCUT2D eigenvalue weighted by atomic mass is 32.2. The lowest BCUT2D eigenvalue weighted by Gasteiger charge is -2.21. The number of ether oxygens (including phenoxy) is 1. The maximum absolute atomic E-state index is 11.9. The van der Waals surface area contributed by atoms with Gasteiger partial charge in [-0.15, -0.1) is 11.8 Å². The number of ketones is 1. The molecule has 0 aromatic heterocycles. The van der Waals surface area contributed by atoms with Gasteiger partial charge in [-0.2, -0.15) is 11.8 Å². The number of rotatable bonds is 2. The van der Waals surface area contributed by atoms with Gasteiger partial charge in [0.05, 0.1) is 11.9 Å². The van der Waals surface area contributed by atoms with Crippen molar-refractivity contribution in [1.82, 2.24) is 0 Å². The van der Waals surface area contributed by atoms with Crippen molar-refractivity contribution in [3.63, 3.8) is 0 Å². The van der Waals surface area contributed by atoms with E-state index < -0.39 is 0 Å². The Morgan fingerprint density at radius 2 is 2.31 bits per heavy atom. The van der Waals surface area contributed by atoms with E-state index in [0.29, 0.717) is 12.4 Å². The summed E-state index contributed by atoms with van der Waals surface area (Å²) in [6.07, 6.45) is 0.945. The fourth-order valence-electron chi connectivity index (χ4n) is 1.67. The third-order valence-corrected chi connectivity index (χ3v) is 5.24. The summed E-state index contributed by atoms with van der Waals surface area (Å²) < 4.78 is 5.23. The molecule has 0 N–H and O–H groups in total. The highest BCUT2D eigenvalue weighted by Crippen LogP contribution is 2.28. The Morgan fingerprint density at radius 1 is 1.38 bits per heavy atom. The molecule has 0 radical (unpaired) electrons. The van der Waals surface area contributed by atoms with Crippen molar-refractivity contribution in [1.29, 1.82) is 0 Å². The zero-order valence-electron chi connectivity index (χ0n) is 7.53. The molecule has 0 saturated carbocycles. The van der Waals surface area contributed by atoms with Gasteiger partial charge < -0.3 is 4.74 Å². The quantitative estimate of drug-likeness (QED) is 0.700. The minimum absolute atomic E-state index is 0.205. The van der Waals surface area contributed by atoms with E-state index in [0.717, 1.165) is 24.5 Å². The third kappa shape index (κ3) is 2.42. The molecular formula is C9H14O2S2. The van der Waals surface area contributed by atoms with E-state index in [1.54, 1.807) is 0 Å². The highest BCUT2D eigenvalue weighted by Gasteiger charge is 2.31. The fraction of sp³-hybridized carbons (Fsp3) is 0.889. The first-order valence-corrected chi connectivity index (χ1v) is 6.89. The summed E-state index contributed by atoms with van der Waals surface area (Å²) in [5.74, 6) is 4.00. The van der Waals surface area contributed by atoms with Crippen LogP contribution in [0.25, 0.3) is 0 Å². The molecule has 2 aliphatic heterocycles. The van der Waals surface area contributed by atoms with Crippen LogP contribution in [0.2, 0.25) is 0 Å². The van der Waals surface area contributed by atoms with Gasteiger partial charge in [-0.05, 0) is 6.42 Å². The second-order valence-electron chi connectivity index (χ2n) is 3.40. The highest BCUT2D eigenvalue weighted by molar-refractivity contribution is 8.07. The number of thioether (sulfide) groups is 2. The maximum atomic E-state index is 11.9. The molecule has 2 nitrogen and oxygen atoms in total. The van der Waals surface area contributed by atoms with Gasteiger partial charge in [-0.1, -0.05) is 0 Å². The predicted octanol–water partition coefficient (Wildman–Crippen LogP) is 1.44. The van der Waals surface area contributed by atoms with E-state index in [1.807, 2.05) is 23.5 Å². The van der Waals surface area contributed by atoms with Crippen LogP contribution in [-0.4, -0.2) is 41.5 Å². The van der Waals surface area contributed by atoms with E-state index in [9.17, 15) is 4.79 Å². The number of hydrogen-bond donors (Lipinski definition) is 0. The summed E-state index contributed by atoms with van der Waals surface area (Å²) in [6.45, 7) is 1.45. The van der Waals surface area contributed by atoms with Crippen LogP contribution in [0.5, 0.6) is 0 Å². The molecule has 2 rings (SSSR count). The largest absolute Gasteiger partial charge is 0.381 e. The van der Waals surface area contributed by atoms with Gasteiger partial charge in [0.1, 0.15) is 0 Å². The number of carbonyl (C=O) groups excluding carboxylic acids is 1. The van der Waals surface area contributed by atoms with Gasteiger partial charge in [0, 0.05) is 29.8 Å². The molecule has 2 saturated heterocycles. The average Bonchev–Trinajstić information content (AvgIpc) is 2.71. The Hall–Kier alpha value is 0.330. The van der Waals surface area contributed by atoms with Crippen LogP contribution in [0.1, 0.15) is 6.42 Å². The standard InChI is InChI=1S/C9H14O2S2/c10-9(7-1-2-11-5-7)8-6-12-3-4-13-8/h7-8H,1-6H2. The smallest absolute Gasteiger partial charge is 0.152 e. The van der Waals surface area contributed by atoms with Gasteiger partial charge in [0.25, 0.3) is 0 Å². The monoisotopic (exact) mass is 218 g/mol. The van der Waals surface area contributed by atoms with Crippen molar-refractivity contribution in [3.05, 3.63) is 0 Å². The second-order valence-corrected chi connectivity index (χ2v) is 5.86. The van der Waals surface area contributed by atoms with Crippen LogP contribution in [0.4, 0.5) is 0 Å². The van der Waals surface area contributed by atoms with E-state index in [4.69, 9.17) is 4.74 Å². The minimum atomic E-state index is 0.205. The van der Waals surface area contributed by atoms with E-state index in [2.05, 4.69) is 0 Å². The molecule has 0 aliphatic carbocycles. The van der Waals surface area contributed by atoms with E-state index >= 15 is 0 Å². The van der Waals surface area contributed by atoms with E-state index in [1.165, 1.54) is 5.75 Å². The lowest BCUT2D eigenvalue weighted by molar-refractivity contribution is -0.121. The molecule has 0 spiro atoms. The third-order valence-electron chi connectivity index (χ3n) is 2.47. The number of carbonyl (C=O) groups is 1. The van der Waals surface area contributed by atoms with Crippen molar-refractivity contribution in [2.24, 2.45) is 5.92 Å². The van der Waals surface area contributed by atoms with Crippen LogP contribution in [0.15, 0.2) is 0 Å². The Bertz CT molecular complexity index is 184. The van der Waals surface area contributed by atoms with Crippen molar-refractivity contribution in [2.45, 2.75) is 11.7 Å². The summed E-state index contributed by atoms with van der Waals surface area (Å²) in [4.78, 5) is 11.9. The molecule has 0 aromatic rings. The molecule has 2 heterocycles. The van der Waals surface area contributed by atoms with E-state index in [-0.39, 0.29) is 11.2 Å². The number of Topliss-reactive ketones (excluding diaryl/α,β-unsaturated/α-hetero) is 1. The lowest BCUT2D eigenvalue weighted by Crippen LogP contribution is -2.30. The Kier molecular flexibility index (Phi) is 3.58. The molecule has 0 bridgehead atoms. The Morgan fingerprint density at radius 3 is 2.92 bits per heavy atom. The van der Waals surface area contributed by atoms with Crippen LogP contribution in [-0.2, 0) is 9.53 Å². The van der Waals surface area contributed by atoms with Crippen molar-refractivity contribution >= 4 is 29.3 Å². The zero-order chi connectivity index (χ0) is 9.10. The van der Waals surface area contributed by atoms with Crippen LogP contribution in [0.3, 0.4) is 0 Å². The summed E-state index contributed by atoms with van der Waals surface area (Å²) in [7, 11) is 0. The normalized spacial score (nSPS) is 34.8. The second kappa shape index (κ2) is 4.71. The predicted molar refractivity (Wildman–Crippen MR) is 57.5 cm³/mol. The summed E-state index contributed by atoms with van der Waals surface area (Å²) >= 11 is 3.74. The summed E-state index contributed by atoms with van der Waals surface area (Å²) in [6, 6.07) is 0. The zero-order valence-corrected chi connectivity index (χ0v) is 9.16. The van der Waals surface area contributed by atoms with Crippen LogP contribution >= 0.6 is 23.5 Å². The molecule has 74 valence electrons. The minimum Gasteiger partial charge on any atom is -0.381 e. The van der Waals surface area contributed by atoms with Crippen LogP contribution in [0, 0.1) is 5.92 Å². The van der Waals surface area contributed by atoms with Gasteiger partial charge in [-0.25, -0.2) is 0 Å². The molecule has 0 amide bonds. The molecule has 2 unspecified atom stereocenters. The molecule has 0 aromatic carbocycles. The van der Waals surface area contributed by atoms with Gasteiger partial charge in [-0.3, -0.25) is 4.79 Å². The topological polar surface area (TPSA) is 26.3 Å². The molecule has 2 fully saturated rings. The van der Waals surface area contributed by atoms with Crippen molar-refractivity contribution in [2.75, 3.05) is 30.5 Å².